The van der Waals surface area contributed by atoms with Gasteiger partial charge in [0.15, 0.2) is 0 Å². The monoisotopic (exact) mass is 453 g/mol. The Morgan fingerprint density at radius 3 is 1.76 bits per heavy atom. The third-order valence-electron chi connectivity index (χ3n) is 6.01. The van der Waals surface area contributed by atoms with Gasteiger partial charge in [-0.3, -0.25) is 4.79 Å². The van der Waals surface area contributed by atoms with E-state index < -0.39 is 16.8 Å². The number of carbonyl (C=O) groups excluding carboxylic acids is 1. The van der Waals surface area contributed by atoms with Gasteiger partial charge in [-0.25, -0.2) is 9.97 Å². The fourth-order valence-corrected chi connectivity index (χ4v) is 6.14. The van der Waals surface area contributed by atoms with Gasteiger partial charge in [0.1, 0.15) is 12.4 Å². The maximum absolute atomic E-state index is 12.6. The Bertz CT molecular complexity index is 1110. The van der Waals surface area contributed by atoms with Crippen molar-refractivity contribution in [3.63, 3.8) is 0 Å². The minimum absolute atomic E-state index is 0.179. The van der Waals surface area contributed by atoms with Crippen LogP contribution in [0.15, 0.2) is 110 Å². The molecule has 33 heavy (non-hydrogen) atoms. The van der Waals surface area contributed by atoms with Crippen LogP contribution in [0.25, 0.3) is 0 Å². The maximum atomic E-state index is 12.6. The standard InChI is InChI=1S/C27H23N3O2S/c31-24(22-16-17-28-18-29-22)23-25(32)30-26(23)33-27(19-10-4-1-5-11-19,20-12-6-2-7-13-20)21-14-8-3-9-15-21/h1-18,23-24,26,31H,(H,30,32). The van der Waals surface area contributed by atoms with Gasteiger partial charge in [-0.2, -0.15) is 0 Å². The molecule has 2 N–H and O–H groups in total. The lowest BCUT2D eigenvalue weighted by Gasteiger charge is -2.45. The summed E-state index contributed by atoms with van der Waals surface area (Å²) in [6.45, 7) is 0. The molecule has 0 saturated carbocycles. The zero-order chi connectivity index (χ0) is 22.7. The van der Waals surface area contributed by atoms with Gasteiger partial charge in [-0.1, -0.05) is 91.0 Å². The molecule has 1 aliphatic heterocycles. The summed E-state index contributed by atoms with van der Waals surface area (Å²) in [5.74, 6) is -0.804. The van der Waals surface area contributed by atoms with Crippen LogP contribution in [-0.4, -0.2) is 26.4 Å². The first-order valence-electron chi connectivity index (χ1n) is 10.8. The molecule has 3 unspecified atom stereocenters. The number of nitrogens with one attached hydrogen (secondary N) is 1. The van der Waals surface area contributed by atoms with Crippen LogP contribution in [0.4, 0.5) is 0 Å². The Labute approximate surface area is 196 Å². The van der Waals surface area contributed by atoms with Crippen molar-refractivity contribution in [3.8, 4) is 0 Å². The number of amides is 1. The molecule has 2 heterocycles. The summed E-state index contributed by atoms with van der Waals surface area (Å²) in [7, 11) is 0. The van der Waals surface area contributed by atoms with Crippen LogP contribution in [0.3, 0.4) is 0 Å². The second kappa shape index (κ2) is 9.17. The number of nitrogens with zero attached hydrogens (tertiary/aromatic N) is 2. The van der Waals surface area contributed by atoms with Crippen LogP contribution in [0.2, 0.25) is 0 Å². The minimum Gasteiger partial charge on any atom is -0.386 e. The van der Waals surface area contributed by atoms with E-state index in [2.05, 4.69) is 51.7 Å². The van der Waals surface area contributed by atoms with E-state index in [1.165, 1.54) is 6.33 Å². The Morgan fingerprint density at radius 2 is 1.33 bits per heavy atom. The van der Waals surface area contributed by atoms with Crippen LogP contribution in [0, 0.1) is 5.92 Å². The number of rotatable bonds is 7. The van der Waals surface area contributed by atoms with E-state index >= 15 is 0 Å². The normalized spacial score (nSPS) is 18.8. The quantitative estimate of drug-likeness (QED) is 0.322. The molecular weight excluding hydrogens is 430 g/mol. The number of hydrogen-bond donors (Lipinski definition) is 2. The molecule has 3 aromatic carbocycles. The summed E-state index contributed by atoms with van der Waals surface area (Å²) in [6, 6.07) is 32.5. The van der Waals surface area contributed by atoms with Gasteiger partial charge in [-0.05, 0) is 22.8 Å². The SMILES string of the molecule is O=C1NC(SC(c2ccccc2)(c2ccccc2)c2ccccc2)C1C(O)c1ccncn1. The van der Waals surface area contributed by atoms with E-state index in [1.54, 1.807) is 24.0 Å². The van der Waals surface area contributed by atoms with E-state index in [4.69, 9.17) is 0 Å². The topological polar surface area (TPSA) is 75.1 Å². The molecule has 5 rings (SSSR count). The molecule has 5 nitrogen and oxygen atoms in total. The van der Waals surface area contributed by atoms with Crippen LogP contribution in [0.5, 0.6) is 0 Å². The Balaban J connectivity index is 1.62. The smallest absolute Gasteiger partial charge is 0.230 e. The highest BCUT2D eigenvalue weighted by Crippen LogP contribution is 2.53. The Morgan fingerprint density at radius 1 is 0.818 bits per heavy atom. The van der Waals surface area contributed by atoms with E-state index in [-0.39, 0.29) is 11.3 Å². The molecule has 164 valence electrons. The van der Waals surface area contributed by atoms with Gasteiger partial charge in [0, 0.05) is 6.20 Å². The summed E-state index contributed by atoms with van der Waals surface area (Å²) < 4.78 is -0.591. The van der Waals surface area contributed by atoms with Gasteiger partial charge in [-0.15, -0.1) is 11.8 Å². The number of carbonyl (C=O) groups is 1. The summed E-state index contributed by atoms with van der Waals surface area (Å²) in [5.41, 5.74) is 3.75. The van der Waals surface area contributed by atoms with Gasteiger partial charge < -0.3 is 10.4 Å². The fraction of sp³-hybridized carbons (Fsp3) is 0.148. The number of benzene rings is 3. The van der Waals surface area contributed by atoms with E-state index in [0.717, 1.165) is 16.7 Å². The molecule has 6 heteroatoms. The summed E-state index contributed by atoms with van der Waals surface area (Å²) in [4.78, 5) is 20.7. The molecule has 1 amide bonds. The van der Waals surface area contributed by atoms with E-state index in [1.807, 2.05) is 54.6 Å². The number of thioether (sulfide) groups is 1. The molecule has 1 aliphatic rings. The summed E-state index contributed by atoms with van der Waals surface area (Å²) in [5, 5.41) is 13.7. The lowest BCUT2D eigenvalue weighted by atomic mass is 9.84. The van der Waals surface area contributed by atoms with Gasteiger partial charge in [0.25, 0.3) is 0 Å². The van der Waals surface area contributed by atoms with E-state index in [9.17, 15) is 9.90 Å². The number of β-lactam (4-membered cyclic amide) rings is 1. The third kappa shape index (κ3) is 3.92. The van der Waals surface area contributed by atoms with Crippen molar-refractivity contribution in [2.75, 3.05) is 0 Å². The molecule has 1 fully saturated rings. The predicted molar refractivity (Wildman–Crippen MR) is 129 cm³/mol. The van der Waals surface area contributed by atoms with Crippen LogP contribution in [0.1, 0.15) is 28.5 Å². The van der Waals surface area contributed by atoms with Crippen molar-refractivity contribution in [2.45, 2.75) is 16.2 Å². The predicted octanol–water partition coefficient (Wildman–Crippen LogP) is 4.31. The second-order valence-electron chi connectivity index (χ2n) is 7.93. The minimum atomic E-state index is -1.01. The first-order valence-corrected chi connectivity index (χ1v) is 11.7. The largest absolute Gasteiger partial charge is 0.386 e. The van der Waals surface area contributed by atoms with Crippen molar-refractivity contribution in [1.29, 1.82) is 0 Å². The van der Waals surface area contributed by atoms with Gasteiger partial charge >= 0.3 is 0 Å². The second-order valence-corrected chi connectivity index (χ2v) is 9.29. The molecule has 0 spiro atoms. The Kier molecular flexibility index (Phi) is 5.94. The van der Waals surface area contributed by atoms with Gasteiger partial charge in [0.05, 0.1) is 21.7 Å². The zero-order valence-corrected chi connectivity index (χ0v) is 18.6. The average Bonchev–Trinajstić information content (AvgIpc) is 2.88. The lowest BCUT2D eigenvalue weighted by Crippen LogP contribution is -2.60. The van der Waals surface area contributed by atoms with Crippen LogP contribution in [-0.2, 0) is 9.54 Å². The number of aliphatic hydroxyl groups is 1. The molecule has 0 bridgehead atoms. The number of aliphatic hydroxyl groups excluding tert-OH is 1. The molecule has 1 aromatic heterocycles. The first-order chi connectivity index (χ1) is 16.2. The molecule has 1 saturated heterocycles. The van der Waals surface area contributed by atoms with Crippen LogP contribution < -0.4 is 5.32 Å². The fourth-order valence-electron chi connectivity index (χ4n) is 4.35. The average molecular weight is 454 g/mol. The highest BCUT2D eigenvalue weighted by Gasteiger charge is 2.51. The summed E-state index contributed by atoms with van der Waals surface area (Å²) in [6.07, 6.45) is 1.95. The van der Waals surface area contributed by atoms with E-state index in [0.29, 0.717) is 5.69 Å². The lowest BCUT2D eigenvalue weighted by molar-refractivity contribution is -0.138. The number of hydrogen-bond acceptors (Lipinski definition) is 5. The van der Waals surface area contributed by atoms with Crippen molar-refractivity contribution >= 4 is 17.7 Å². The van der Waals surface area contributed by atoms with Crippen molar-refractivity contribution < 1.29 is 9.90 Å². The molecule has 4 aromatic rings. The molecule has 3 atom stereocenters. The maximum Gasteiger partial charge on any atom is 0.230 e. The Hall–Kier alpha value is -3.48. The van der Waals surface area contributed by atoms with Crippen molar-refractivity contribution in [2.24, 2.45) is 5.92 Å². The zero-order valence-electron chi connectivity index (χ0n) is 17.8. The highest BCUT2D eigenvalue weighted by molar-refractivity contribution is 8.01. The number of aromatic nitrogens is 2. The first kappa shape index (κ1) is 21.4. The van der Waals surface area contributed by atoms with Crippen LogP contribution >= 0.6 is 11.8 Å². The van der Waals surface area contributed by atoms with Crippen molar-refractivity contribution in [3.05, 3.63) is 132 Å². The highest BCUT2D eigenvalue weighted by atomic mass is 32.2. The molecule has 0 radical (unpaired) electrons. The molecular formula is C27H23N3O2S. The molecule has 0 aliphatic carbocycles. The van der Waals surface area contributed by atoms with Gasteiger partial charge in [0.2, 0.25) is 5.91 Å². The summed E-state index contributed by atoms with van der Waals surface area (Å²) >= 11 is 1.64. The third-order valence-corrected chi connectivity index (χ3v) is 7.73. The van der Waals surface area contributed by atoms with Crippen molar-refractivity contribution in [1.82, 2.24) is 15.3 Å².